The zero-order valence-electron chi connectivity index (χ0n) is 20.0. The lowest BCUT2D eigenvalue weighted by Gasteiger charge is -2.15. The van der Waals surface area contributed by atoms with E-state index in [-0.39, 0.29) is 5.41 Å². The van der Waals surface area contributed by atoms with Crippen molar-refractivity contribution in [2.24, 2.45) is 5.41 Å². The minimum Gasteiger partial charge on any atom is -0.489 e. The Morgan fingerprint density at radius 2 is 1.71 bits per heavy atom. The van der Waals surface area contributed by atoms with E-state index in [9.17, 15) is 0 Å². The molecule has 0 N–H and O–H groups in total. The molecule has 2 heteroatoms. The van der Waals surface area contributed by atoms with E-state index in [2.05, 4.69) is 113 Å². The molecule has 0 amide bonds. The van der Waals surface area contributed by atoms with Crippen LogP contribution in [0.5, 0.6) is 5.75 Å². The molecule has 2 rings (SSSR count). The molecular formula is C29H37NO. The predicted molar refractivity (Wildman–Crippen MR) is 133 cm³/mol. The monoisotopic (exact) mass is 415 g/mol. The van der Waals surface area contributed by atoms with Gasteiger partial charge in [-0.1, -0.05) is 66.0 Å². The second-order valence-electron chi connectivity index (χ2n) is 9.36. The smallest absolute Gasteiger partial charge is 0.120 e. The fourth-order valence-corrected chi connectivity index (χ4v) is 2.99. The van der Waals surface area contributed by atoms with Crippen molar-refractivity contribution in [1.29, 1.82) is 0 Å². The summed E-state index contributed by atoms with van der Waals surface area (Å²) in [4.78, 5) is 2.26. The second kappa shape index (κ2) is 12.2. The Hall–Kier alpha value is -2.76. The van der Waals surface area contributed by atoms with Gasteiger partial charge in [-0.2, -0.15) is 0 Å². The predicted octanol–water partition coefficient (Wildman–Crippen LogP) is 6.81. The summed E-state index contributed by atoms with van der Waals surface area (Å²) in [5, 5.41) is 0. The molecule has 2 nitrogen and oxygen atoms in total. The van der Waals surface area contributed by atoms with Gasteiger partial charge in [-0.05, 0) is 83.0 Å². The Bertz CT molecular complexity index is 946. The fourth-order valence-electron chi connectivity index (χ4n) is 2.99. The van der Waals surface area contributed by atoms with E-state index in [4.69, 9.17) is 4.74 Å². The summed E-state index contributed by atoms with van der Waals surface area (Å²) in [5.41, 5.74) is 5.15. The highest BCUT2D eigenvalue weighted by atomic mass is 16.5. The van der Waals surface area contributed by atoms with Gasteiger partial charge in [0.1, 0.15) is 12.4 Å². The van der Waals surface area contributed by atoms with E-state index in [1.165, 1.54) is 22.3 Å². The van der Waals surface area contributed by atoms with Crippen LogP contribution in [-0.2, 0) is 19.6 Å². The molecule has 0 saturated carbocycles. The van der Waals surface area contributed by atoms with Gasteiger partial charge in [0.15, 0.2) is 0 Å². The van der Waals surface area contributed by atoms with Crippen LogP contribution in [-0.4, -0.2) is 18.5 Å². The van der Waals surface area contributed by atoms with Gasteiger partial charge < -0.3 is 4.74 Å². The van der Waals surface area contributed by atoms with Crippen LogP contribution >= 0.6 is 0 Å². The molecule has 0 bridgehead atoms. The molecule has 0 atom stereocenters. The first-order chi connectivity index (χ1) is 14.7. The number of allylic oxidation sites excluding steroid dienone is 3. The van der Waals surface area contributed by atoms with Crippen LogP contribution < -0.4 is 4.74 Å². The van der Waals surface area contributed by atoms with Crippen molar-refractivity contribution >= 4 is 0 Å². The summed E-state index contributed by atoms with van der Waals surface area (Å²) in [5.74, 6) is 7.25. The Morgan fingerprint density at radius 3 is 2.45 bits per heavy atom. The second-order valence-corrected chi connectivity index (χ2v) is 9.36. The zero-order chi connectivity index (χ0) is 22.7. The number of rotatable bonds is 9. The Morgan fingerprint density at radius 1 is 1.00 bits per heavy atom. The number of nitrogens with zero attached hydrogens (tertiary/aromatic N) is 1. The van der Waals surface area contributed by atoms with Gasteiger partial charge in [-0.25, -0.2) is 0 Å². The molecule has 0 aliphatic rings. The molecule has 2 aromatic carbocycles. The van der Waals surface area contributed by atoms with Crippen LogP contribution in [0.4, 0.5) is 0 Å². The van der Waals surface area contributed by atoms with Gasteiger partial charge in [-0.3, -0.25) is 4.90 Å². The molecule has 0 heterocycles. The summed E-state index contributed by atoms with van der Waals surface area (Å²) in [7, 11) is 2.12. The molecule has 0 unspecified atom stereocenters. The highest BCUT2D eigenvalue weighted by Gasteiger charge is 2.03. The third-order valence-electron chi connectivity index (χ3n) is 4.56. The van der Waals surface area contributed by atoms with Crippen LogP contribution in [0, 0.1) is 17.3 Å². The lowest BCUT2D eigenvalue weighted by molar-refractivity contribution is 0.304. The molecule has 31 heavy (non-hydrogen) atoms. The maximum Gasteiger partial charge on any atom is 0.120 e. The van der Waals surface area contributed by atoms with Crippen LogP contribution in [0.2, 0.25) is 0 Å². The molecule has 2 aromatic rings. The average molecular weight is 416 g/mol. The first kappa shape index (κ1) is 24.5. The van der Waals surface area contributed by atoms with Crippen LogP contribution in [0.1, 0.15) is 51.3 Å². The first-order valence-electron chi connectivity index (χ1n) is 11.0. The maximum absolute atomic E-state index is 6.07. The van der Waals surface area contributed by atoms with Gasteiger partial charge in [0.25, 0.3) is 0 Å². The molecule has 0 radical (unpaired) electrons. The highest BCUT2D eigenvalue weighted by Crippen LogP contribution is 2.17. The Kier molecular flexibility index (Phi) is 9.63. The molecule has 0 saturated heterocycles. The Balaban J connectivity index is 1.88. The van der Waals surface area contributed by atoms with Crippen LogP contribution in [0.3, 0.4) is 0 Å². The van der Waals surface area contributed by atoms with Gasteiger partial charge >= 0.3 is 0 Å². The van der Waals surface area contributed by atoms with E-state index in [1.807, 2.05) is 12.1 Å². The number of hydrogen-bond acceptors (Lipinski definition) is 2. The molecule has 0 spiro atoms. The largest absolute Gasteiger partial charge is 0.489 e. The molecule has 0 fully saturated rings. The summed E-state index contributed by atoms with van der Waals surface area (Å²) in [6.45, 7) is 12.9. The molecule has 164 valence electrons. The van der Waals surface area contributed by atoms with Crippen molar-refractivity contribution < 1.29 is 4.74 Å². The third-order valence-corrected chi connectivity index (χ3v) is 4.56. The van der Waals surface area contributed by atoms with Crippen molar-refractivity contribution in [2.75, 3.05) is 13.6 Å². The van der Waals surface area contributed by atoms with Crippen LogP contribution in [0.15, 0.2) is 72.3 Å². The van der Waals surface area contributed by atoms with E-state index < -0.39 is 0 Å². The fraction of sp³-hybridized carbons (Fsp3) is 0.379. The van der Waals surface area contributed by atoms with E-state index in [1.54, 1.807) is 0 Å². The quantitative estimate of drug-likeness (QED) is 0.329. The summed E-state index contributed by atoms with van der Waals surface area (Å²) < 4.78 is 6.07. The SMILES string of the molecule is CC(C)=CCc1cccc(COc2cccc(CN(C)C/C=C/C#CC(C)(C)C)c2)c1. The lowest BCUT2D eigenvalue weighted by atomic mass is 9.98. The maximum atomic E-state index is 6.07. The molecule has 0 aromatic heterocycles. The number of likely N-dealkylation sites (N-methyl/N-ethyl adjacent to an activating group) is 1. The summed E-state index contributed by atoms with van der Waals surface area (Å²) in [6, 6.07) is 17.0. The molecule has 0 aliphatic carbocycles. The van der Waals surface area contributed by atoms with Gasteiger partial charge in [0, 0.05) is 18.5 Å². The van der Waals surface area contributed by atoms with Crippen molar-refractivity contribution in [2.45, 2.75) is 54.2 Å². The number of benzene rings is 2. The highest BCUT2D eigenvalue weighted by molar-refractivity contribution is 5.30. The first-order valence-corrected chi connectivity index (χ1v) is 11.0. The van der Waals surface area contributed by atoms with Crippen molar-refractivity contribution in [1.82, 2.24) is 4.90 Å². The minimum absolute atomic E-state index is 0.0452. The number of ether oxygens (including phenoxy) is 1. The topological polar surface area (TPSA) is 12.5 Å². The van der Waals surface area contributed by atoms with E-state index >= 15 is 0 Å². The van der Waals surface area contributed by atoms with E-state index in [0.29, 0.717) is 6.61 Å². The summed E-state index contributed by atoms with van der Waals surface area (Å²) in [6.07, 6.45) is 7.29. The summed E-state index contributed by atoms with van der Waals surface area (Å²) >= 11 is 0. The molecular weight excluding hydrogens is 378 g/mol. The van der Waals surface area contributed by atoms with Crippen molar-refractivity contribution in [3.05, 3.63) is 89.0 Å². The van der Waals surface area contributed by atoms with Crippen molar-refractivity contribution in [3.63, 3.8) is 0 Å². The standard InChI is InChI=1S/C29H37NO/c1-24(2)16-17-25-12-10-14-27(20-25)23-31-28-15-11-13-26(21-28)22-30(6)19-9-7-8-18-29(3,4)5/h7,9-16,20-21H,17,19,22-23H2,1-6H3/b9-7+. The average Bonchev–Trinajstić information content (AvgIpc) is 2.70. The third kappa shape index (κ3) is 10.7. The Labute approximate surface area is 189 Å². The van der Waals surface area contributed by atoms with Gasteiger partial charge in [0.05, 0.1) is 0 Å². The lowest BCUT2D eigenvalue weighted by Crippen LogP contribution is -2.17. The van der Waals surface area contributed by atoms with Gasteiger partial charge in [-0.15, -0.1) is 0 Å². The minimum atomic E-state index is 0.0452. The number of hydrogen-bond donors (Lipinski definition) is 0. The van der Waals surface area contributed by atoms with Gasteiger partial charge in [0.2, 0.25) is 0 Å². The van der Waals surface area contributed by atoms with Crippen LogP contribution in [0.25, 0.3) is 0 Å². The van der Waals surface area contributed by atoms with E-state index in [0.717, 1.165) is 25.3 Å². The van der Waals surface area contributed by atoms with Crippen molar-refractivity contribution in [3.8, 4) is 17.6 Å². The zero-order valence-corrected chi connectivity index (χ0v) is 20.0. The molecule has 0 aliphatic heterocycles. The normalized spacial score (nSPS) is 11.3.